The number of nitrogens with one attached hydrogen (secondary N) is 1. The van der Waals surface area contributed by atoms with Gasteiger partial charge in [-0.05, 0) is 51.0 Å². The first kappa shape index (κ1) is 12.4. The van der Waals surface area contributed by atoms with Crippen molar-refractivity contribution in [3.63, 3.8) is 0 Å². The molecule has 17 heavy (non-hydrogen) atoms. The van der Waals surface area contributed by atoms with Gasteiger partial charge >= 0.3 is 0 Å². The van der Waals surface area contributed by atoms with E-state index in [9.17, 15) is 0 Å². The first-order chi connectivity index (χ1) is 8.04. The molecule has 1 aromatic heterocycles. The summed E-state index contributed by atoms with van der Waals surface area (Å²) in [5.41, 5.74) is 5.83. The van der Waals surface area contributed by atoms with Crippen LogP contribution in [0.1, 0.15) is 23.7 Å². The van der Waals surface area contributed by atoms with E-state index < -0.39 is 0 Å². The number of fused-ring (bicyclic) bond motifs is 1. The molecule has 0 aliphatic heterocycles. The molecule has 0 atom stereocenters. The number of hydrogen-bond acceptors (Lipinski definition) is 2. The summed E-state index contributed by atoms with van der Waals surface area (Å²) < 4.78 is 1.10. The molecule has 90 valence electrons. The molecule has 0 unspecified atom stereocenters. The van der Waals surface area contributed by atoms with Crippen LogP contribution in [0.3, 0.4) is 0 Å². The quantitative estimate of drug-likeness (QED) is 0.890. The molecule has 0 amide bonds. The highest BCUT2D eigenvalue weighted by atomic mass is 79.9. The van der Waals surface area contributed by atoms with Crippen LogP contribution in [-0.4, -0.2) is 11.5 Å². The summed E-state index contributed by atoms with van der Waals surface area (Å²) in [5.74, 6) is 0. The lowest BCUT2D eigenvalue weighted by atomic mass is 10.0. The molecule has 0 spiro atoms. The largest absolute Gasteiger partial charge is 0.385 e. The molecule has 2 nitrogen and oxygen atoms in total. The third-order valence-corrected chi connectivity index (χ3v) is 3.54. The molecule has 0 aliphatic carbocycles. The summed E-state index contributed by atoms with van der Waals surface area (Å²) in [6.07, 6.45) is 0. The van der Waals surface area contributed by atoms with Gasteiger partial charge in [-0.25, -0.2) is 0 Å². The predicted molar refractivity (Wildman–Crippen MR) is 77.8 cm³/mol. The number of nitrogens with zero attached hydrogens (tertiary/aromatic N) is 1. The number of aryl methyl sites for hydroxylation is 2. The third kappa shape index (κ3) is 2.16. The number of rotatable bonds is 2. The Morgan fingerprint density at radius 1 is 1.24 bits per heavy atom. The van der Waals surface area contributed by atoms with Gasteiger partial charge in [-0.3, -0.25) is 4.98 Å². The Morgan fingerprint density at radius 3 is 2.59 bits per heavy atom. The van der Waals surface area contributed by atoms with Crippen molar-refractivity contribution in [1.82, 2.24) is 4.98 Å². The van der Waals surface area contributed by atoms with Crippen molar-refractivity contribution in [3.8, 4) is 0 Å². The molecule has 0 aliphatic rings. The average molecular weight is 293 g/mol. The lowest BCUT2D eigenvalue weighted by Gasteiger charge is -2.15. The minimum atomic E-state index is 0.922. The van der Waals surface area contributed by atoms with E-state index in [1.165, 1.54) is 22.2 Å². The molecular formula is C14H17BrN2. The summed E-state index contributed by atoms with van der Waals surface area (Å²) in [6, 6.07) is 4.25. The Morgan fingerprint density at radius 2 is 1.94 bits per heavy atom. The smallest absolute Gasteiger partial charge is 0.0756 e. The predicted octanol–water partition coefficient (Wildman–Crippen LogP) is 4.35. The van der Waals surface area contributed by atoms with Crippen LogP contribution >= 0.6 is 15.9 Å². The summed E-state index contributed by atoms with van der Waals surface area (Å²) in [5, 5.41) is 4.65. The Hall–Kier alpha value is -1.09. The molecule has 0 saturated heterocycles. The highest BCUT2D eigenvalue weighted by Gasteiger charge is 2.11. The van der Waals surface area contributed by atoms with Gasteiger partial charge in [0.2, 0.25) is 0 Å². The number of aromatic nitrogens is 1. The molecular weight excluding hydrogens is 276 g/mol. The Balaban J connectivity index is 2.87. The zero-order valence-electron chi connectivity index (χ0n) is 10.7. The average Bonchev–Trinajstić information content (AvgIpc) is 2.26. The number of halogens is 1. The van der Waals surface area contributed by atoms with Gasteiger partial charge in [-0.15, -0.1) is 0 Å². The van der Waals surface area contributed by atoms with Crippen LogP contribution in [0.25, 0.3) is 10.9 Å². The third-order valence-electron chi connectivity index (χ3n) is 3.09. The van der Waals surface area contributed by atoms with Crippen LogP contribution < -0.4 is 5.32 Å². The van der Waals surface area contributed by atoms with Gasteiger partial charge in [0.15, 0.2) is 0 Å². The van der Waals surface area contributed by atoms with Crippen molar-refractivity contribution in [2.45, 2.75) is 27.7 Å². The first-order valence-corrected chi connectivity index (χ1v) is 6.64. The second-order valence-corrected chi connectivity index (χ2v) is 5.26. The van der Waals surface area contributed by atoms with Gasteiger partial charge in [0.1, 0.15) is 0 Å². The molecule has 1 heterocycles. The van der Waals surface area contributed by atoms with Crippen LogP contribution in [0.2, 0.25) is 0 Å². The van der Waals surface area contributed by atoms with Crippen molar-refractivity contribution in [2.75, 3.05) is 11.9 Å². The second-order valence-electron chi connectivity index (χ2n) is 4.35. The zero-order valence-corrected chi connectivity index (χ0v) is 12.3. The number of hydrogen-bond donors (Lipinski definition) is 1. The fourth-order valence-electron chi connectivity index (χ4n) is 2.11. The van der Waals surface area contributed by atoms with Crippen molar-refractivity contribution in [3.05, 3.63) is 33.4 Å². The van der Waals surface area contributed by atoms with Gasteiger partial charge in [0.25, 0.3) is 0 Å². The normalized spacial score (nSPS) is 10.9. The van der Waals surface area contributed by atoms with Gasteiger partial charge in [0.05, 0.1) is 5.52 Å². The lowest BCUT2D eigenvalue weighted by molar-refractivity contribution is 1.15. The van der Waals surface area contributed by atoms with Crippen molar-refractivity contribution < 1.29 is 0 Å². The minimum absolute atomic E-state index is 0.922. The van der Waals surface area contributed by atoms with Gasteiger partial charge in [0, 0.05) is 27.8 Å². The van der Waals surface area contributed by atoms with Crippen LogP contribution in [0, 0.1) is 20.8 Å². The van der Waals surface area contributed by atoms with E-state index in [-0.39, 0.29) is 0 Å². The maximum absolute atomic E-state index is 4.70. The van der Waals surface area contributed by atoms with Gasteiger partial charge in [-0.2, -0.15) is 0 Å². The fourth-order valence-corrected chi connectivity index (χ4v) is 2.69. The van der Waals surface area contributed by atoms with Gasteiger partial charge < -0.3 is 5.32 Å². The Bertz CT molecular complexity index is 576. The Labute approximate surface area is 111 Å². The summed E-state index contributed by atoms with van der Waals surface area (Å²) in [4.78, 5) is 4.70. The molecule has 0 fully saturated rings. The van der Waals surface area contributed by atoms with E-state index in [0.717, 1.165) is 22.2 Å². The monoisotopic (exact) mass is 292 g/mol. The molecule has 0 bridgehead atoms. The number of benzene rings is 1. The van der Waals surface area contributed by atoms with E-state index in [0.29, 0.717) is 0 Å². The molecule has 2 rings (SSSR count). The maximum Gasteiger partial charge on any atom is 0.0756 e. The van der Waals surface area contributed by atoms with Crippen molar-refractivity contribution in [2.24, 2.45) is 0 Å². The van der Waals surface area contributed by atoms with E-state index >= 15 is 0 Å². The second kappa shape index (κ2) is 4.65. The Kier molecular flexibility index (Phi) is 3.38. The van der Waals surface area contributed by atoms with E-state index in [1.54, 1.807) is 0 Å². The van der Waals surface area contributed by atoms with Crippen LogP contribution in [-0.2, 0) is 0 Å². The minimum Gasteiger partial charge on any atom is -0.385 e. The van der Waals surface area contributed by atoms with Crippen molar-refractivity contribution in [1.29, 1.82) is 0 Å². The SMILES string of the molecule is CCNc1c(C)c(C)nc2c(C)cc(Br)cc12. The number of pyridine rings is 1. The summed E-state index contributed by atoms with van der Waals surface area (Å²) in [6.45, 7) is 9.33. The van der Waals surface area contributed by atoms with Crippen molar-refractivity contribution >= 4 is 32.5 Å². The van der Waals surface area contributed by atoms with Crippen LogP contribution in [0.15, 0.2) is 16.6 Å². The topological polar surface area (TPSA) is 24.9 Å². The highest BCUT2D eigenvalue weighted by molar-refractivity contribution is 9.10. The van der Waals surface area contributed by atoms with E-state index in [2.05, 4.69) is 61.1 Å². The first-order valence-electron chi connectivity index (χ1n) is 5.85. The summed E-state index contributed by atoms with van der Waals surface area (Å²) >= 11 is 3.56. The zero-order chi connectivity index (χ0) is 12.6. The van der Waals surface area contributed by atoms with E-state index in [4.69, 9.17) is 4.98 Å². The molecule has 2 aromatic rings. The molecule has 3 heteroatoms. The molecule has 0 saturated carbocycles. The molecule has 1 aromatic carbocycles. The lowest BCUT2D eigenvalue weighted by Crippen LogP contribution is -2.03. The fraction of sp³-hybridized carbons (Fsp3) is 0.357. The molecule has 1 N–H and O–H groups in total. The van der Waals surface area contributed by atoms with Gasteiger partial charge in [-0.1, -0.05) is 15.9 Å². The number of anilines is 1. The highest BCUT2D eigenvalue weighted by Crippen LogP contribution is 2.32. The summed E-state index contributed by atoms with van der Waals surface area (Å²) in [7, 11) is 0. The maximum atomic E-state index is 4.70. The van der Waals surface area contributed by atoms with Crippen LogP contribution in [0.4, 0.5) is 5.69 Å². The van der Waals surface area contributed by atoms with E-state index in [1.807, 2.05) is 0 Å². The molecule has 0 radical (unpaired) electrons. The van der Waals surface area contributed by atoms with Crippen LogP contribution in [0.5, 0.6) is 0 Å². The standard InChI is InChI=1S/C14H17BrN2/c1-5-16-14-9(3)10(4)17-13-8(2)6-11(15)7-12(13)14/h6-7H,5H2,1-4H3,(H,16,17).